The van der Waals surface area contributed by atoms with E-state index >= 15 is 0 Å². The van der Waals surface area contributed by atoms with Crippen molar-refractivity contribution in [2.45, 2.75) is 51.4 Å². The number of hydrogen-bond donors (Lipinski definition) is 0. The molecule has 0 unspecified atom stereocenters. The Kier molecular flexibility index (Phi) is 5.11. The van der Waals surface area contributed by atoms with Crippen molar-refractivity contribution < 1.29 is 4.74 Å². The van der Waals surface area contributed by atoms with Crippen LogP contribution in [0.4, 0.5) is 0 Å². The highest BCUT2D eigenvalue weighted by molar-refractivity contribution is 5.35. The third-order valence-electron chi connectivity index (χ3n) is 5.96. The van der Waals surface area contributed by atoms with Crippen molar-refractivity contribution in [3.8, 4) is 5.75 Å². The molecule has 0 spiro atoms. The maximum atomic E-state index is 5.49. The van der Waals surface area contributed by atoms with Crippen LogP contribution in [0.25, 0.3) is 0 Å². The van der Waals surface area contributed by atoms with E-state index in [1.165, 1.54) is 56.3 Å². The Morgan fingerprint density at radius 3 is 2.96 bits per heavy atom. The molecule has 1 aliphatic heterocycles. The number of rotatable bonds is 4. The van der Waals surface area contributed by atoms with Crippen LogP contribution in [-0.2, 0) is 5.41 Å². The molecule has 0 aromatic heterocycles. The summed E-state index contributed by atoms with van der Waals surface area (Å²) in [6.45, 7) is 7.99. The molecule has 3 rings (SSSR count). The van der Waals surface area contributed by atoms with Crippen molar-refractivity contribution in [3.05, 3.63) is 41.5 Å². The molecular formula is C21H31NO. The van der Waals surface area contributed by atoms with E-state index in [0.717, 1.165) is 18.2 Å². The molecule has 1 saturated heterocycles. The Labute approximate surface area is 141 Å². The summed E-state index contributed by atoms with van der Waals surface area (Å²) >= 11 is 0. The lowest BCUT2D eigenvalue weighted by Gasteiger charge is -2.51. The first kappa shape index (κ1) is 16.6. The Hall–Kier alpha value is -1.28. The summed E-state index contributed by atoms with van der Waals surface area (Å²) in [6, 6.07) is 8.88. The average molecular weight is 313 g/mol. The van der Waals surface area contributed by atoms with Gasteiger partial charge >= 0.3 is 0 Å². The normalized spacial score (nSPS) is 28.0. The summed E-state index contributed by atoms with van der Waals surface area (Å²) in [5.41, 5.74) is 3.33. The molecule has 2 nitrogen and oxygen atoms in total. The van der Waals surface area contributed by atoms with Crippen LogP contribution >= 0.6 is 0 Å². The first-order valence-electron chi connectivity index (χ1n) is 9.14. The summed E-state index contributed by atoms with van der Waals surface area (Å²) < 4.78 is 5.49. The Morgan fingerprint density at radius 1 is 1.30 bits per heavy atom. The van der Waals surface area contributed by atoms with Crippen molar-refractivity contribution >= 4 is 0 Å². The maximum absolute atomic E-state index is 5.49. The third-order valence-corrected chi connectivity index (χ3v) is 5.96. The van der Waals surface area contributed by atoms with Gasteiger partial charge in [-0.15, -0.1) is 0 Å². The van der Waals surface area contributed by atoms with Crippen LogP contribution in [0.1, 0.15) is 51.5 Å². The number of benzene rings is 1. The maximum Gasteiger partial charge on any atom is 0.119 e. The molecule has 1 aromatic carbocycles. The molecule has 23 heavy (non-hydrogen) atoms. The molecule has 0 radical (unpaired) electrons. The SMILES string of the molecule is COc1cccc([C@]23CCCC[C@H]2CN(CC=C(C)C)CC3)c1. The Balaban J connectivity index is 1.83. The predicted octanol–water partition coefficient (Wildman–Crippen LogP) is 4.80. The molecule has 2 aliphatic rings. The second-order valence-electron chi connectivity index (χ2n) is 7.62. The molecule has 1 heterocycles. The number of nitrogens with zero attached hydrogens (tertiary/aromatic N) is 1. The minimum atomic E-state index is 0.383. The zero-order valence-corrected chi connectivity index (χ0v) is 15.0. The van der Waals surface area contributed by atoms with Gasteiger partial charge in [-0.1, -0.05) is 36.6 Å². The summed E-state index contributed by atoms with van der Waals surface area (Å²) in [5, 5.41) is 0. The van der Waals surface area contributed by atoms with Crippen LogP contribution in [-0.4, -0.2) is 31.6 Å². The molecule has 2 fully saturated rings. The average Bonchev–Trinajstić information content (AvgIpc) is 2.59. The highest BCUT2D eigenvalue weighted by Gasteiger charge is 2.45. The number of allylic oxidation sites excluding steroid dienone is 1. The van der Waals surface area contributed by atoms with E-state index < -0.39 is 0 Å². The van der Waals surface area contributed by atoms with Gasteiger partial charge in [-0.05, 0) is 63.3 Å². The van der Waals surface area contributed by atoms with Crippen molar-refractivity contribution in [2.24, 2.45) is 5.92 Å². The van der Waals surface area contributed by atoms with Gasteiger partial charge in [-0.25, -0.2) is 0 Å². The molecule has 2 atom stereocenters. The first-order chi connectivity index (χ1) is 11.1. The van der Waals surface area contributed by atoms with Gasteiger partial charge in [0.1, 0.15) is 5.75 Å². The molecule has 0 amide bonds. The summed E-state index contributed by atoms with van der Waals surface area (Å²) in [5.74, 6) is 1.80. The molecule has 0 N–H and O–H groups in total. The lowest BCUT2D eigenvalue weighted by molar-refractivity contribution is 0.0626. The fourth-order valence-corrected chi connectivity index (χ4v) is 4.60. The monoisotopic (exact) mass is 313 g/mol. The number of hydrogen-bond acceptors (Lipinski definition) is 2. The number of ether oxygens (including phenoxy) is 1. The molecule has 1 aromatic rings. The molecule has 2 heteroatoms. The van der Waals surface area contributed by atoms with Gasteiger partial charge < -0.3 is 4.74 Å². The molecular weight excluding hydrogens is 282 g/mol. The topological polar surface area (TPSA) is 12.5 Å². The van der Waals surface area contributed by atoms with Gasteiger partial charge in [0.15, 0.2) is 0 Å². The molecule has 1 saturated carbocycles. The van der Waals surface area contributed by atoms with Gasteiger partial charge in [0.25, 0.3) is 0 Å². The molecule has 126 valence electrons. The van der Waals surface area contributed by atoms with Crippen LogP contribution in [0.15, 0.2) is 35.9 Å². The third kappa shape index (κ3) is 3.47. The van der Waals surface area contributed by atoms with E-state index in [1.807, 2.05) is 0 Å². The molecule has 0 bridgehead atoms. The van der Waals surface area contributed by atoms with E-state index in [2.05, 4.69) is 49.1 Å². The van der Waals surface area contributed by atoms with Crippen LogP contribution in [0.5, 0.6) is 5.75 Å². The highest BCUT2D eigenvalue weighted by atomic mass is 16.5. The van der Waals surface area contributed by atoms with Crippen LogP contribution in [0.3, 0.4) is 0 Å². The van der Waals surface area contributed by atoms with Crippen molar-refractivity contribution in [2.75, 3.05) is 26.7 Å². The van der Waals surface area contributed by atoms with E-state index in [9.17, 15) is 0 Å². The van der Waals surface area contributed by atoms with Gasteiger partial charge in [0.2, 0.25) is 0 Å². The van der Waals surface area contributed by atoms with Gasteiger partial charge in [-0.3, -0.25) is 4.90 Å². The standard InChI is InChI=1S/C21H31NO/c1-17(2)10-13-22-14-12-21(11-5-4-7-19(21)16-22)18-8-6-9-20(15-18)23-3/h6,8-10,15,19H,4-5,7,11-14,16H2,1-3H3/t19-,21+/m0/s1. The van der Waals surface area contributed by atoms with E-state index in [4.69, 9.17) is 4.74 Å². The minimum Gasteiger partial charge on any atom is -0.497 e. The van der Waals surface area contributed by atoms with E-state index in [-0.39, 0.29) is 0 Å². The molecule has 1 aliphatic carbocycles. The van der Waals surface area contributed by atoms with Crippen molar-refractivity contribution in [1.29, 1.82) is 0 Å². The van der Waals surface area contributed by atoms with Gasteiger partial charge in [0, 0.05) is 18.5 Å². The zero-order chi connectivity index (χ0) is 16.3. The number of fused-ring (bicyclic) bond motifs is 1. The van der Waals surface area contributed by atoms with E-state index in [0.29, 0.717) is 5.41 Å². The van der Waals surface area contributed by atoms with Crippen molar-refractivity contribution in [3.63, 3.8) is 0 Å². The zero-order valence-electron chi connectivity index (χ0n) is 15.0. The number of piperidine rings is 1. The Bertz CT molecular complexity index is 561. The van der Waals surface area contributed by atoms with Crippen LogP contribution in [0, 0.1) is 5.92 Å². The minimum absolute atomic E-state index is 0.383. The fourth-order valence-electron chi connectivity index (χ4n) is 4.60. The quantitative estimate of drug-likeness (QED) is 0.741. The number of likely N-dealkylation sites (tertiary alicyclic amines) is 1. The second kappa shape index (κ2) is 7.09. The summed E-state index contributed by atoms with van der Waals surface area (Å²) in [4.78, 5) is 2.65. The summed E-state index contributed by atoms with van der Waals surface area (Å²) in [6.07, 6.45) is 9.17. The fraction of sp³-hybridized carbons (Fsp3) is 0.619. The Morgan fingerprint density at radius 2 is 2.17 bits per heavy atom. The lowest BCUT2D eigenvalue weighted by Crippen LogP contribution is -2.51. The predicted molar refractivity (Wildman–Crippen MR) is 97.1 cm³/mol. The largest absolute Gasteiger partial charge is 0.497 e. The van der Waals surface area contributed by atoms with Gasteiger partial charge in [0.05, 0.1) is 7.11 Å². The first-order valence-corrected chi connectivity index (χ1v) is 9.14. The van der Waals surface area contributed by atoms with Crippen LogP contribution in [0.2, 0.25) is 0 Å². The number of methoxy groups -OCH3 is 1. The van der Waals surface area contributed by atoms with Gasteiger partial charge in [-0.2, -0.15) is 0 Å². The second-order valence-corrected chi connectivity index (χ2v) is 7.62. The van der Waals surface area contributed by atoms with Crippen LogP contribution < -0.4 is 4.74 Å². The lowest BCUT2D eigenvalue weighted by atomic mass is 9.59. The van der Waals surface area contributed by atoms with E-state index in [1.54, 1.807) is 7.11 Å². The smallest absolute Gasteiger partial charge is 0.119 e. The highest BCUT2D eigenvalue weighted by Crippen LogP contribution is 2.49. The summed E-state index contributed by atoms with van der Waals surface area (Å²) in [7, 11) is 1.77. The van der Waals surface area contributed by atoms with Crippen molar-refractivity contribution in [1.82, 2.24) is 4.90 Å².